The normalized spacial score (nSPS) is 11.0. The van der Waals surface area contributed by atoms with Crippen LogP contribution in [0.25, 0.3) is 44.9 Å². The zero-order valence-corrected chi connectivity index (χ0v) is 19.9. The molecule has 0 aliphatic carbocycles. The van der Waals surface area contributed by atoms with E-state index in [9.17, 15) is 8.78 Å². The minimum Gasteiger partial charge on any atom is -0.234 e. The number of nitrogens with zero attached hydrogens (tertiary/aromatic N) is 2. The van der Waals surface area contributed by atoms with Crippen LogP contribution in [0.1, 0.15) is 11.3 Å². The Labute approximate surface area is 204 Å². The Kier molecular flexibility index (Phi) is 5.96. The van der Waals surface area contributed by atoms with Gasteiger partial charge in [-0.2, -0.15) is 4.57 Å². The molecule has 5 rings (SSSR count). The van der Waals surface area contributed by atoms with Gasteiger partial charge in [0.15, 0.2) is 0 Å². The molecular formula is C31H25F2N2+. The van der Waals surface area contributed by atoms with Crippen molar-refractivity contribution >= 4 is 0 Å². The van der Waals surface area contributed by atoms with Crippen molar-refractivity contribution < 1.29 is 13.3 Å². The molecule has 0 fully saturated rings. The van der Waals surface area contributed by atoms with Crippen LogP contribution in [-0.4, -0.2) is 4.98 Å². The SMILES string of the molecule is Cc1cc(F)ccc1-c1c(-c2ccc(F)cc2)nc(-c2ccc(-c3ccccc3)cc2)c(C)[n+]1C. The van der Waals surface area contributed by atoms with E-state index in [4.69, 9.17) is 4.98 Å². The lowest BCUT2D eigenvalue weighted by Crippen LogP contribution is -2.37. The van der Waals surface area contributed by atoms with Crippen LogP contribution in [0.15, 0.2) is 97.1 Å². The van der Waals surface area contributed by atoms with Crippen molar-refractivity contribution in [1.82, 2.24) is 4.98 Å². The van der Waals surface area contributed by atoms with Gasteiger partial charge in [0, 0.05) is 18.1 Å². The molecule has 5 aromatic rings. The number of halogens is 2. The van der Waals surface area contributed by atoms with Crippen LogP contribution in [0.4, 0.5) is 8.78 Å². The van der Waals surface area contributed by atoms with Gasteiger partial charge in [0.25, 0.3) is 0 Å². The first kappa shape index (κ1) is 22.6. The highest BCUT2D eigenvalue weighted by molar-refractivity contribution is 5.80. The van der Waals surface area contributed by atoms with E-state index in [1.807, 2.05) is 39.1 Å². The number of benzene rings is 4. The molecule has 0 amide bonds. The summed E-state index contributed by atoms with van der Waals surface area (Å²) in [6.07, 6.45) is 0. The van der Waals surface area contributed by atoms with Crippen molar-refractivity contribution in [3.8, 4) is 44.9 Å². The average molecular weight is 464 g/mol. The predicted molar refractivity (Wildman–Crippen MR) is 137 cm³/mol. The number of aromatic nitrogens is 2. The first-order chi connectivity index (χ1) is 16.9. The number of aryl methyl sites for hydroxylation is 1. The van der Waals surface area contributed by atoms with Gasteiger partial charge >= 0.3 is 0 Å². The topological polar surface area (TPSA) is 16.8 Å². The molecule has 4 aromatic carbocycles. The van der Waals surface area contributed by atoms with Crippen molar-refractivity contribution in [2.75, 3.05) is 0 Å². The third-order valence-electron chi connectivity index (χ3n) is 6.46. The summed E-state index contributed by atoms with van der Waals surface area (Å²) in [5.74, 6) is -0.585. The quantitative estimate of drug-likeness (QED) is 0.253. The lowest BCUT2D eigenvalue weighted by atomic mass is 9.97. The summed E-state index contributed by atoms with van der Waals surface area (Å²) in [6, 6.07) is 29.7. The predicted octanol–water partition coefficient (Wildman–Crippen LogP) is 7.47. The fraction of sp³-hybridized carbons (Fsp3) is 0.0968. The van der Waals surface area contributed by atoms with Crippen LogP contribution in [0.3, 0.4) is 0 Å². The van der Waals surface area contributed by atoms with E-state index in [2.05, 4.69) is 41.0 Å². The molecular weight excluding hydrogens is 438 g/mol. The molecule has 0 unspecified atom stereocenters. The lowest BCUT2D eigenvalue weighted by molar-refractivity contribution is -0.666. The molecule has 1 aromatic heterocycles. The Morgan fingerprint density at radius 1 is 0.600 bits per heavy atom. The van der Waals surface area contributed by atoms with E-state index in [-0.39, 0.29) is 11.6 Å². The van der Waals surface area contributed by atoms with E-state index < -0.39 is 0 Å². The Morgan fingerprint density at radius 3 is 1.80 bits per heavy atom. The maximum absolute atomic E-state index is 13.9. The van der Waals surface area contributed by atoms with Crippen LogP contribution in [-0.2, 0) is 7.05 Å². The maximum Gasteiger partial charge on any atom is 0.239 e. The van der Waals surface area contributed by atoms with E-state index in [0.717, 1.165) is 56.2 Å². The molecule has 0 spiro atoms. The Bertz CT molecular complexity index is 1510. The van der Waals surface area contributed by atoms with Crippen molar-refractivity contribution in [3.05, 3.63) is 120 Å². The third-order valence-corrected chi connectivity index (χ3v) is 6.46. The highest BCUT2D eigenvalue weighted by Gasteiger charge is 2.26. The van der Waals surface area contributed by atoms with Crippen molar-refractivity contribution in [2.45, 2.75) is 13.8 Å². The standard InChI is InChI=1S/C31H25F2N2/c1-20-19-27(33)17-18-28(20)31-30(25-13-15-26(32)16-14-25)34-29(21(2)35(31)3)24-11-9-23(10-12-24)22-7-5-4-6-8-22/h4-19H,1-3H3/q+1. The molecule has 0 saturated heterocycles. The molecule has 0 bridgehead atoms. The fourth-order valence-corrected chi connectivity index (χ4v) is 4.47. The second-order valence-electron chi connectivity index (χ2n) is 8.71. The maximum atomic E-state index is 13.9. The summed E-state index contributed by atoms with van der Waals surface area (Å²) < 4.78 is 29.7. The smallest absolute Gasteiger partial charge is 0.234 e. The average Bonchev–Trinajstić information content (AvgIpc) is 2.87. The first-order valence-electron chi connectivity index (χ1n) is 11.5. The van der Waals surface area contributed by atoms with Gasteiger partial charge in [-0.25, -0.2) is 13.8 Å². The molecule has 35 heavy (non-hydrogen) atoms. The molecule has 4 heteroatoms. The molecule has 0 saturated carbocycles. The van der Waals surface area contributed by atoms with Crippen LogP contribution >= 0.6 is 0 Å². The van der Waals surface area contributed by atoms with E-state index in [1.54, 1.807) is 18.2 Å². The highest BCUT2D eigenvalue weighted by Crippen LogP contribution is 2.34. The molecule has 0 atom stereocenters. The molecule has 0 N–H and O–H groups in total. The zero-order chi connectivity index (χ0) is 24.5. The van der Waals surface area contributed by atoms with Gasteiger partial charge in [-0.1, -0.05) is 54.6 Å². The number of hydrogen-bond donors (Lipinski definition) is 0. The monoisotopic (exact) mass is 463 g/mol. The minimum atomic E-state index is -0.304. The summed E-state index contributed by atoms with van der Waals surface area (Å²) in [5.41, 5.74) is 9.16. The fourth-order valence-electron chi connectivity index (χ4n) is 4.47. The van der Waals surface area contributed by atoms with Crippen LogP contribution < -0.4 is 4.57 Å². The lowest BCUT2D eigenvalue weighted by Gasteiger charge is -2.14. The molecule has 172 valence electrons. The van der Waals surface area contributed by atoms with Gasteiger partial charge in [-0.3, -0.25) is 0 Å². The Hall–Kier alpha value is -4.18. The largest absolute Gasteiger partial charge is 0.239 e. The zero-order valence-electron chi connectivity index (χ0n) is 19.9. The summed E-state index contributed by atoms with van der Waals surface area (Å²) in [4.78, 5) is 5.11. The van der Waals surface area contributed by atoms with Gasteiger partial charge in [0.2, 0.25) is 11.4 Å². The first-order valence-corrected chi connectivity index (χ1v) is 11.5. The van der Waals surface area contributed by atoms with Gasteiger partial charge in [0.1, 0.15) is 30.1 Å². The van der Waals surface area contributed by atoms with Crippen molar-refractivity contribution in [1.29, 1.82) is 0 Å². The van der Waals surface area contributed by atoms with Crippen LogP contribution in [0.2, 0.25) is 0 Å². The number of rotatable bonds is 4. The van der Waals surface area contributed by atoms with Gasteiger partial charge in [-0.05, 0) is 66.1 Å². The summed E-state index contributed by atoms with van der Waals surface area (Å²) in [7, 11) is 1.99. The molecule has 0 aliphatic rings. The second kappa shape index (κ2) is 9.22. The minimum absolute atomic E-state index is 0.281. The Balaban J connectivity index is 1.71. The third kappa shape index (κ3) is 4.35. The van der Waals surface area contributed by atoms with Crippen molar-refractivity contribution in [3.63, 3.8) is 0 Å². The molecule has 1 heterocycles. The Morgan fingerprint density at radius 2 is 1.14 bits per heavy atom. The van der Waals surface area contributed by atoms with E-state index in [0.29, 0.717) is 0 Å². The van der Waals surface area contributed by atoms with Crippen molar-refractivity contribution in [2.24, 2.45) is 7.05 Å². The molecule has 2 nitrogen and oxygen atoms in total. The van der Waals surface area contributed by atoms with Crippen LogP contribution in [0, 0.1) is 25.5 Å². The van der Waals surface area contributed by atoms with Gasteiger partial charge in [0.05, 0.1) is 5.56 Å². The summed E-state index contributed by atoms with van der Waals surface area (Å²) in [5, 5.41) is 0. The highest BCUT2D eigenvalue weighted by atomic mass is 19.1. The molecule has 0 radical (unpaired) electrons. The number of hydrogen-bond acceptors (Lipinski definition) is 1. The van der Waals surface area contributed by atoms with Gasteiger partial charge < -0.3 is 0 Å². The molecule has 0 aliphatic heterocycles. The van der Waals surface area contributed by atoms with Gasteiger partial charge in [-0.15, -0.1) is 0 Å². The van der Waals surface area contributed by atoms with E-state index in [1.165, 1.54) is 24.3 Å². The van der Waals surface area contributed by atoms with Crippen LogP contribution in [0.5, 0.6) is 0 Å². The summed E-state index contributed by atoms with van der Waals surface area (Å²) in [6.45, 7) is 3.92. The van der Waals surface area contributed by atoms with E-state index >= 15 is 0 Å². The summed E-state index contributed by atoms with van der Waals surface area (Å²) >= 11 is 0. The second-order valence-corrected chi connectivity index (χ2v) is 8.71.